The average molecular weight is 179 g/mol. The summed E-state index contributed by atoms with van der Waals surface area (Å²) < 4.78 is 11.0. The smallest absolute Gasteiger partial charge is 0.166 e. The van der Waals surface area contributed by atoms with E-state index in [1.165, 1.54) is 0 Å². The van der Waals surface area contributed by atoms with E-state index in [4.69, 9.17) is 15.2 Å². The number of nitrogens with two attached hydrogens (primary N) is 1. The fourth-order valence-electron chi connectivity index (χ4n) is 1.49. The van der Waals surface area contributed by atoms with Crippen LogP contribution in [0.4, 0.5) is 0 Å². The lowest BCUT2D eigenvalue weighted by atomic mass is 10.1. The maximum Gasteiger partial charge on any atom is 0.166 e. The molecule has 1 aromatic rings. The van der Waals surface area contributed by atoms with E-state index in [0.29, 0.717) is 19.8 Å². The van der Waals surface area contributed by atoms with Crippen LogP contribution < -0.4 is 15.2 Å². The van der Waals surface area contributed by atoms with Crippen molar-refractivity contribution in [2.45, 2.75) is 13.5 Å². The van der Waals surface area contributed by atoms with E-state index in [1.54, 1.807) is 0 Å². The molecule has 3 nitrogen and oxygen atoms in total. The van der Waals surface area contributed by atoms with Crippen LogP contribution in [0, 0.1) is 6.92 Å². The Morgan fingerprint density at radius 2 is 1.92 bits per heavy atom. The largest absolute Gasteiger partial charge is 0.486 e. The highest BCUT2D eigenvalue weighted by Crippen LogP contribution is 2.36. The summed E-state index contributed by atoms with van der Waals surface area (Å²) in [4.78, 5) is 0. The molecular formula is C10H13NO2. The van der Waals surface area contributed by atoms with E-state index in [2.05, 4.69) is 0 Å². The first-order valence-corrected chi connectivity index (χ1v) is 4.41. The molecule has 1 heterocycles. The Bertz CT molecular complexity index is 323. The molecule has 0 aliphatic carbocycles. The molecule has 0 spiro atoms. The Kier molecular flexibility index (Phi) is 2.10. The number of hydrogen-bond donors (Lipinski definition) is 1. The van der Waals surface area contributed by atoms with Crippen LogP contribution in [-0.4, -0.2) is 13.2 Å². The molecule has 1 aliphatic rings. The Balaban J connectivity index is 2.52. The lowest BCUT2D eigenvalue weighted by Crippen LogP contribution is -2.18. The van der Waals surface area contributed by atoms with Crippen LogP contribution >= 0.6 is 0 Å². The lowest BCUT2D eigenvalue weighted by molar-refractivity contribution is 0.169. The van der Waals surface area contributed by atoms with Crippen LogP contribution in [0.3, 0.4) is 0 Å². The van der Waals surface area contributed by atoms with Crippen LogP contribution in [-0.2, 0) is 6.54 Å². The monoisotopic (exact) mass is 179 g/mol. The van der Waals surface area contributed by atoms with E-state index >= 15 is 0 Å². The molecule has 0 unspecified atom stereocenters. The van der Waals surface area contributed by atoms with Crippen LogP contribution in [0.25, 0.3) is 0 Å². The van der Waals surface area contributed by atoms with E-state index < -0.39 is 0 Å². The molecular weight excluding hydrogens is 166 g/mol. The van der Waals surface area contributed by atoms with Gasteiger partial charge in [-0.3, -0.25) is 0 Å². The van der Waals surface area contributed by atoms with Crippen LogP contribution in [0.5, 0.6) is 11.5 Å². The van der Waals surface area contributed by atoms with Crippen molar-refractivity contribution < 1.29 is 9.47 Å². The second-order valence-corrected chi connectivity index (χ2v) is 3.10. The molecule has 3 heteroatoms. The third kappa shape index (κ3) is 1.35. The van der Waals surface area contributed by atoms with Crippen molar-refractivity contribution in [3.63, 3.8) is 0 Å². The van der Waals surface area contributed by atoms with Gasteiger partial charge in [-0.1, -0.05) is 12.1 Å². The maximum absolute atomic E-state index is 5.59. The number of hydrogen-bond acceptors (Lipinski definition) is 3. The van der Waals surface area contributed by atoms with E-state index in [-0.39, 0.29) is 0 Å². The first-order valence-electron chi connectivity index (χ1n) is 4.41. The minimum Gasteiger partial charge on any atom is -0.486 e. The van der Waals surface area contributed by atoms with Crippen LogP contribution in [0.2, 0.25) is 0 Å². The third-order valence-corrected chi connectivity index (χ3v) is 2.19. The zero-order valence-corrected chi connectivity index (χ0v) is 7.67. The quantitative estimate of drug-likeness (QED) is 0.705. The van der Waals surface area contributed by atoms with E-state index in [1.807, 2.05) is 19.1 Å². The van der Waals surface area contributed by atoms with E-state index in [9.17, 15) is 0 Å². The molecule has 0 amide bonds. The van der Waals surface area contributed by atoms with Gasteiger partial charge in [-0.15, -0.1) is 0 Å². The second-order valence-electron chi connectivity index (χ2n) is 3.10. The fourth-order valence-corrected chi connectivity index (χ4v) is 1.49. The topological polar surface area (TPSA) is 44.5 Å². The fraction of sp³-hybridized carbons (Fsp3) is 0.400. The minimum atomic E-state index is 0.492. The summed E-state index contributed by atoms with van der Waals surface area (Å²) in [6.45, 7) is 3.74. The number of ether oxygens (including phenoxy) is 2. The standard InChI is InChI=1S/C10H13NO2/c1-7-2-3-8(6-11)10-9(7)12-4-5-13-10/h2-3H,4-6,11H2,1H3. The van der Waals surface area contributed by atoms with Crippen molar-refractivity contribution in [3.8, 4) is 11.5 Å². The first kappa shape index (κ1) is 8.38. The Morgan fingerprint density at radius 3 is 2.62 bits per heavy atom. The SMILES string of the molecule is Cc1ccc(CN)c2c1OCCO2. The Morgan fingerprint density at radius 1 is 1.23 bits per heavy atom. The molecule has 0 aromatic heterocycles. The van der Waals surface area contributed by atoms with Gasteiger partial charge in [0, 0.05) is 12.1 Å². The predicted octanol–water partition coefficient (Wildman–Crippen LogP) is 1.22. The van der Waals surface area contributed by atoms with Gasteiger partial charge in [0.05, 0.1) is 0 Å². The van der Waals surface area contributed by atoms with Crippen molar-refractivity contribution in [1.82, 2.24) is 0 Å². The zero-order chi connectivity index (χ0) is 9.26. The number of aryl methyl sites for hydroxylation is 1. The summed E-state index contributed by atoms with van der Waals surface area (Å²) >= 11 is 0. The zero-order valence-electron chi connectivity index (χ0n) is 7.67. The molecule has 2 rings (SSSR count). The first-order chi connectivity index (χ1) is 6.33. The third-order valence-electron chi connectivity index (χ3n) is 2.19. The lowest BCUT2D eigenvalue weighted by Gasteiger charge is -2.22. The molecule has 0 fully saturated rings. The molecule has 1 aliphatic heterocycles. The summed E-state index contributed by atoms with van der Waals surface area (Å²) in [5.74, 6) is 1.68. The van der Waals surface area contributed by atoms with Crippen molar-refractivity contribution in [2.75, 3.05) is 13.2 Å². The van der Waals surface area contributed by atoms with Crippen molar-refractivity contribution in [3.05, 3.63) is 23.3 Å². The predicted molar refractivity (Wildman–Crippen MR) is 50.1 cm³/mol. The number of fused-ring (bicyclic) bond motifs is 1. The normalized spacial score (nSPS) is 14.3. The summed E-state index contributed by atoms with van der Waals surface area (Å²) in [5.41, 5.74) is 7.71. The molecule has 0 saturated heterocycles. The van der Waals surface area contributed by atoms with Crippen LogP contribution in [0.15, 0.2) is 12.1 Å². The van der Waals surface area contributed by atoms with Gasteiger partial charge in [0.15, 0.2) is 11.5 Å². The second kappa shape index (κ2) is 3.26. The van der Waals surface area contributed by atoms with Crippen molar-refractivity contribution >= 4 is 0 Å². The highest BCUT2D eigenvalue weighted by molar-refractivity contribution is 5.52. The Hall–Kier alpha value is -1.22. The van der Waals surface area contributed by atoms with Gasteiger partial charge >= 0.3 is 0 Å². The molecule has 70 valence electrons. The van der Waals surface area contributed by atoms with Gasteiger partial charge in [-0.05, 0) is 12.5 Å². The number of rotatable bonds is 1. The highest BCUT2D eigenvalue weighted by atomic mass is 16.6. The van der Waals surface area contributed by atoms with Gasteiger partial charge in [0.25, 0.3) is 0 Å². The molecule has 13 heavy (non-hydrogen) atoms. The maximum atomic E-state index is 5.59. The van der Waals surface area contributed by atoms with Gasteiger partial charge < -0.3 is 15.2 Å². The summed E-state index contributed by atoms with van der Waals surface area (Å²) in [5, 5.41) is 0. The average Bonchev–Trinajstić information content (AvgIpc) is 2.19. The highest BCUT2D eigenvalue weighted by Gasteiger charge is 2.16. The van der Waals surface area contributed by atoms with Crippen LogP contribution in [0.1, 0.15) is 11.1 Å². The number of benzene rings is 1. The minimum absolute atomic E-state index is 0.492. The van der Waals surface area contributed by atoms with Gasteiger partial charge in [0.1, 0.15) is 13.2 Å². The van der Waals surface area contributed by atoms with Crippen molar-refractivity contribution in [2.24, 2.45) is 5.73 Å². The van der Waals surface area contributed by atoms with E-state index in [0.717, 1.165) is 22.6 Å². The summed E-state index contributed by atoms with van der Waals surface area (Å²) in [6, 6.07) is 4.00. The van der Waals surface area contributed by atoms with Gasteiger partial charge in [-0.2, -0.15) is 0 Å². The molecule has 1 aromatic carbocycles. The van der Waals surface area contributed by atoms with Crippen molar-refractivity contribution in [1.29, 1.82) is 0 Å². The Labute approximate surface area is 77.5 Å². The summed E-state index contributed by atoms with van der Waals surface area (Å²) in [7, 11) is 0. The molecule has 2 N–H and O–H groups in total. The molecule has 0 atom stereocenters. The summed E-state index contributed by atoms with van der Waals surface area (Å²) in [6.07, 6.45) is 0. The molecule has 0 saturated carbocycles. The van der Waals surface area contributed by atoms with Gasteiger partial charge in [-0.25, -0.2) is 0 Å². The molecule has 0 radical (unpaired) electrons. The molecule has 0 bridgehead atoms. The van der Waals surface area contributed by atoms with Gasteiger partial charge in [0.2, 0.25) is 0 Å².